The maximum atomic E-state index is 14.1. The molecule has 9 heteroatoms. The summed E-state index contributed by atoms with van der Waals surface area (Å²) in [7, 11) is 1.60. The Bertz CT molecular complexity index is 1570. The molecule has 1 atom stereocenters. The average molecular weight is 578 g/mol. The third kappa shape index (κ3) is 5.90. The lowest BCUT2D eigenvalue weighted by atomic mass is 9.72. The Morgan fingerprint density at radius 2 is 1.82 bits per heavy atom. The summed E-state index contributed by atoms with van der Waals surface area (Å²) < 4.78 is 12.4. The first-order chi connectivity index (χ1) is 19.2. The Morgan fingerprint density at radius 3 is 2.48 bits per heavy atom. The number of nitrogens with one attached hydrogen (secondary N) is 1. The molecule has 1 aliphatic rings. The summed E-state index contributed by atoms with van der Waals surface area (Å²) in [5.74, 6) is 1.95. The van der Waals surface area contributed by atoms with Gasteiger partial charge >= 0.3 is 0 Å². The van der Waals surface area contributed by atoms with Gasteiger partial charge in [0.2, 0.25) is 5.91 Å². The van der Waals surface area contributed by atoms with Crippen LogP contribution in [0.2, 0.25) is 0 Å². The van der Waals surface area contributed by atoms with Crippen molar-refractivity contribution in [3.8, 4) is 17.2 Å². The number of carbonyl (C=O) groups is 1. The van der Waals surface area contributed by atoms with Gasteiger partial charge in [-0.3, -0.25) is 14.2 Å². The molecule has 0 bridgehead atoms. The third-order valence-corrected chi connectivity index (χ3v) is 9.48. The van der Waals surface area contributed by atoms with E-state index in [-0.39, 0.29) is 22.6 Å². The van der Waals surface area contributed by atoms with Crippen LogP contribution in [0.25, 0.3) is 15.9 Å². The largest absolute Gasteiger partial charge is 0.497 e. The predicted octanol–water partition coefficient (Wildman–Crippen LogP) is 6.74. The fourth-order valence-electron chi connectivity index (χ4n) is 5.13. The lowest BCUT2D eigenvalue weighted by molar-refractivity contribution is -0.113. The normalized spacial score (nSPS) is 15.1. The highest BCUT2D eigenvalue weighted by atomic mass is 32.2. The number of ether oxygens (including phenoxy) is 2. The molecule has 1 aliphatic carbocycles. The predicted molar refractivity (Wildman–Crippen MR) is 164 cm³/mol. The van der Waals surface area contributed by atoms with Gasteiger partial charge in [-0.2, -0.15) is 0 Å². The van der Waals surface area contributed by atoms with Crippen molar-refractivity contribution in [3.63, 3.8) is 0 Å². The van der Waals surface area contributed by atoms with Crippen molar-refractivity contribution >= 4 is 44.9 Å². The van der Waals surface area contributed by atoms with Gasteiger partial charge in [0.05, 0.1) is 30.5 Å². The van der Waals surface area contributed by atoms with Crippen molar-refractivity contribution in [1.82, 2.24) is 9.55 Å². The molecule has 2 aromatic heterocycles. The summed E-state index contributed by atoms with van der Waals surface area (Å²) in [6.07, 6.45) is 2.91. The molecular formula is C31H35N3O4S2. The molecule has 5 rings (SSSR count). The van der Waals surface area contributed by atoms with Gasteiger partial charge in [0.15, 0.2) is 5.16 Å². The Hall–Kier alpha value is -3.30. The second-order valence-corrected chi connectivity index (χ2v) is 13.0. The van der Waals surface area contributed by atoms with Gasteiger partial charge < -0.3 is 14.8 Å². The standard InChI is InChI=1S/C31H35N3O4S2/c1-6-38-23-14-10-21(11-15-23)34-29(36)27-24-16-7-19(31(2,3)4)17-25(24)40-28(27)33-30(34)39-18-26(35)32-20-8-12-22(37-5)13-9-20/h8-15,19H,6-7,16-18H2,1-5H3,(H,32,35). The number of thioether (sulfide) groups is 1. The molecule has 0 aliphatic heterocycles. The lowest BCUT2D eigenvalue weighted by Crippen LogP contribution is -2.27. The van der Waals surface area contributed by atoms with Gasteiger partial charge in [-0.15, -0.1) is 11.3 Å². The first kappa shape index (κ1) is 28.2. The van der Waals surface area contributed by atoms with E-state index in [9.17, 15) is 9.59 Å². The molecule has 7 nitrogen and oxygen atoms in total. The zero-order valence-electron chi connectivity index (χ0n) is 23.6. The number of amides is 1. The van der Waals surface area contributed by atoms with Gasteiger partial charge in [0.25, 0.3) is 5.56 Å². The van der Waals surface area contributed by atoms with E-state index in [1.807, 2.05) is 31.2 Å². The number of aromatic nitrogens is 2. The van der Waals surface area contributed by atoms with Gasteiger partial charge in [-0.25, -0.2) is 4.98 Å². The number of hydrogen-bond acceptors (Lipinski definition) is 7. The molecule has 40 heavy (non-hydrogen) atoms. The van der Waals surface area contributed by atoms with Crippen LogP contribution in [0.1, 0.15) is 44.6 Å². The minimum Gasteiger partial charge on any atom is -0.497 e. The first-order valence-electron chi connectivity index (χ1n) is 13.5. The number of benzene rings is 2. The summed E-state index contributed by atoms with van der Waals surface area (Å²) in [4.78, 5) is 34.0. The number of methoxy groups -OCH3 is 1. The van der Waals surface area contributed by atoms with E-state index in [2.05, 4.69) is 26.1 Å². The fraction of sp³-hybridized carbons (Fsp3) is 0.387. The van der Waals surface area contributed by atoms with Crippen LogP contribution in [0, 0.1) is 11.3 Å². The second kappa shape index (κ2) is 11.7. The molecule has 0 radical (unpaired) electrons. The van der Waals surface area contributed by atoms with Crippen LogP contribution >= 0.6 is 23.1 Å². The smallest absolute Gasteiger partial charge is 0.267 e. The maximum Gasteiger partial charge on any atom is 0.267 e. The highest BCUT2D eigenvalue weighted by Gasteiger charge is 2.32. The Balaban J connectivity index is 1.50. The Morgan fingerprint density at radius 1 is 1.12 bits per heavy atom. The zero-order valence-corrected chi connectivity index (χ0v) is 25.2. The Labute approximate surface area is 242 Å². The zero-order chi connectivity index (χ0) is 28.4. The van der Waals surface area contributed by atoms with Crippen LogP contribution in [-0.2, 0) is 17.6 Å². The molecule has 0 saturated heterocycles. The number of hydrogen-bond donors (Lipinski definition) is 1. The summed E-state index contributed by atoms with van der Waals surface area (Å²) in [6, 6.07) is 14.6. The second-order valence-electron chi connectivity index (χ2n) is 11.0. The highest BCUT2D eigenvalue weighted by Crippen LogP contribution is 2.42. The van der Waals surface area contributed by atoms with Crippen molar-refractivity contribution in [2.75, 3.05) is 24.8 Å². The van der Waals surface area contributed by atoms with E-state index in [1.54, 1.807) is 47.3 Å². The molecule has 0 fully saturated rings. The van der Waals surface area contributed by atoms with Gasteiger partial charge in [0, 0.05) is 10.6 Å². The van der Waals surface area contributed by atoms with Crippen LogP contribution in [0.5, 0.6) is 11.5 Å². The van der Waals surface area contributed by atoms with E-state index in [0.29, 0.717) is 34.4 Å². The van der Waals surface area contributed by atoms with E-state index in [1.165, 1.54) is 16.6 Å². The maximum absolute atomic E-state index is 14.1. The number of anilines is 1. The molecule has 210 valence electrons. The van der Waals surface area contributed by atoms with Crippen molar-refractivity contribution < 1.29 is 14.3 Å². The number of aryl methyl sites for hydroxylation is 1. The van der Waals surface area contributed by atoms with Gasteiger partial charge in [0.1, 0.15) is 16.3 Å². The molecule has 1 N–H and O–H groups in total. The highest BCUT2D eigenvalue weighted by molar-refractivity contribution is 7.99. The van der Waals surface area contributed by atoms with Crippen molar-refractivity contribution in [3.05, 3.63) is 69.3 Å². The molecule has 1 amide bonds. The minimum absolute atomic E-state index is 0.0843. The number of fused-ring (bicyclic) bond motifs is 3. The van der Waals surface area contributed by atoms with E-state index in [0.717, 1.165) is 41.2 Å². The topological polar surface area (TPSA) is 82.4 Å². The quantitative estimate of drug-likeness (QED) is 0.185. The number of carbonyl (C=O) groups excluding carboxylic acids is 1. The van der Waals surface area contributed by atoms with Crippen LogP contribution in [0.3, 0.4) is 0 Å². The van der Waals surface area contributed by atoms with Crippen molar-refractivity contribution in [2.24, 2.45) is 11.3 Å². The molecule has 0 saturated carbocycles. The number of rotatable bonds is 8. The molecule has 4 aromatic rings. The average Bonchev–Trinajstić information content (AvgIpc) is 3.31. The molecule has 2 heterocycles. The van der Waals surface area contributed by atoms with Gasteiger partial charge in [-0.05, 0) is 91.6 Å². The van der Waals surface area contributed by atoms with E-state index >= 15 is 0 Å². The fourth-order valence-corrected chi connectivity index (χ4v) is 7.28. The first-order valence-corrected chi connectivity index (χ1v) is 15.4. The van der Waals surface area contributed by atoms with Crippen LogP contribution in [0.4, 0.5) is 5.69 Å². The summed E-state index contributed by atoms with van der Waals surface area (Å²) in [5.41, 5.74) is 2.65. The Kier molecular flexibility index (Phi) is 8.24. The molecular weight excluding hydrogens is 542 g/mol. The van der Waals surface area contributed by atoms with E-state index in [4.69, 9.17) is 14.5 Å². The molecule has 1 unspecified atom stereocenters. The molecule has 0 spiro atoms. The van der Waals surface area contributed by atoms with Crippen LogP contribution in [0.15, 0.2) is 58.5 Å². The van der Waals surface area contributed by atoms with Crippen molar-refractivity contribution in [2.45, 2.75) is 52.1 Å². The number of nitrogens with zero attached hydrogens (tertiary/aromatic N) is 2. The minimum atomic E-state index is -0.179. The summed E-state index contributed by atoms with van der Waals surface area (Å²) in [6.45, 7) is 9.37. The van der Waals surface area contributed by atoms with Gasteiger partial charge in [-0.1, -0.05) is 32.5 Å². The van der Waals surface area contributed by atoms with Crippen LogP contribution in [-0.4, -0.2) is 34.9 Å². The van der Waals surface area contributed by atoms with Crippen LogP contribution < -0.4 is 20.3 Å². The third-order valence-electron chi connectivity index (χ3n) is 7.39. The van der Waals surface area contributed by atoms with E-state index < -0.39 is 0 Å². The SMILES string of the molecule is CCOc1ccc(-n2c(SCC(=O)Nc3ccc(OC)cc3)nc3sc4c(c3c2=O)CCC(C(C)(C)C)C4)cc1. The summed E-state index contributed by atoms with van der Waals surface area (Å²) >= 11 is 2.89. The molecule has 2 aromatic carbocycles. The summed E-state index contributed by atoms with van der Waals surface area (Å²) in [5, 5.41) is 4.12. The van der Waals surface area contributed by atoms with Crippen molar-refractivity contribution in [1.29, 1.82) is 0 Å². The number of thiophene rings is 1. The lowest BCUT2D eigenvalue weighted by Gasteiger charge is -2.33. The monoisotopic (exact) mass is 577 g/mol.